The minimum atomic E-state index is -0.249. The van der Waals surface area contributed by atoms with Gasteiger partial charge in [-0.3, -0.25) is 4.79 Å². The molecule has 5 heteroatoms. The molecular weight excluding hydrogens is 242 g/mol. The molecule has 0 unspecified atom stereocenters. The Bertz CT molecular complexity index is 391. The molecule has 4 nitrogen and oxygen atoms in total. The van der Waals surface area contributed by atoms with Gasteiger partial charge in [-0.25, -0.2) is 0 Å². The van der Waals surface area contributed by atoms with Crippen LogP contribution in [0.25, 0.3) is 0 Å². The Kier molecular flexibility index (Phi) is 5.25. The van der Waals surface area contributed by atoms with Gasteiger partial charge in [0.25, 0.3) is 5.91 Å². The van der Waals surface area contributed by atoms with Crippen LogP contribution in [0, 0.1) is 0 Å². The molecule has 0 radical (unpaired) electrons. The average Bonchev–Trinajstić information content (AvgIpc) is 2.36. The number of benzene rings is 1. The van der Waals surface area contributed by atoms with Crippen molar-refractivity contribution >= 4 is 17.5 Å². The molecule has 1 amide bonds. The zero-order valence-corrected chi connectivity index (χ0v) is 10.6. The Morgan fingerprint density at radius 2 is 2.29 bits per heavy atom. The summed E-state index contributed by atoms with van der Waals surface area (Å²) >= 11 is 5.86. The lowest BCUT2D eigenvalue weighted by atomic mass is 10.1. The lowest BCUT2D eigenvalue weighted by molar-refractivity contribution is 0.0914. The van der Waals surface area contributed by atoms with Gasteiger partial charge in [-0.2, -0.15) is 0 Å². The largest absolute Gasteiger partial charge is 0.495 e. The summed E-state index contributed by atoms with van der Waals surface area (Å²) in [6.45, 7) is 1.82. The third kappa shape index (κ3) is 3.61. The SMILES string of the molecule is CC[C@@H](CO)NC(=O)c1ccc(Cl)c(OC)c1. The summed E-state index contributed by atoms with van der Waals surface area (Å²) in [7, 11) is 1.49. The van der Waals surface area contributed by atoms with Gasteiger partial charge in [0, 0.05) is 5.56 Å². The highest BCUT2D eigenvalue weighted by atomic mass is 35.5. The summed E-state index contributed by atoms with van der Waals surface area (Å²) in [4.78, 5) is 11.8. The minimum absolute atomic E-state index is 0.0764. The number of halogens is 1. The number of aliphatic hydroxyl groups is 1. The molecule has 0 aromatic heterocycles. The second-order valence-electron chi connectivity index (χ2n) is 3.61. The first-order chi connectivity index (χ1) is 8.12. The Morgan fingerprint density at radius 3 is 2.82 bits per heavy atom. The number of hydrogen-bond donors (Lipinski definition) is 2. The predicted octanol–water partition coefficient (Wildman–Crippen LogP) is 1.85. The van der Waals surface area contributed by atoms with Crippen molar-refractivity contribution in [2.75, 3.05) is 13.7 Å². The first-order valence-electron chi connectivity index (χ1n) is 5.37. The van der Waals surface area contributed by atoms with Crippen LogP contribution in [0.4, 0.5) is 0 Å². The fraction of sp³-hybridized carbons (Fsp3) is 0.417. The molecule has 0 bridgehead atoms. The van der Waals surface area contributed by atoms with E-state index >= 15 is 0 Å². The van der Waals surface area contributed by atoms with Gasteiger partial charge in [0.15, 0.2) is 0 Å². The van der Waals surface area contributed by atoms with E-state index < -0.39 is 0 Å². The molecule has 17 heavy (non-hydrogen) atoms. The van der Waals surface area contributed by atoms with E-state index in [1.54, 1.807) is 18.2 Å². The van der Waals surface area contributed by atoms with E-state index in [2.05, 4.69) is 5.32 Å². The third-order valence-electron chi connectivity index (χ3n) is 2.46. The first-order valence-corrected chi connectivity index (χ1v) is 5.75. The van der Waals surface area contributed by atoms with Crippen LogP contribution in [-0.4, -0.2) is 30.8 Å². The van der Waals surface area contributed by atoms with Gasteiger partial charge >= 0.3 is 0 Å². The van der Waals surface area contributed by atoms with Gasteiger partial charge in [-0.1, -0.05) is 18.5 Å². The Morgan fingerprint density at radius 1 is 1.59 bits per heavy atom. The number of hydrogen-bond acceptors (Lipinski definition) is 3. The number of carbonyl (C=O) groups excluding carboxylic acids is 1. The molecule has 94 valence electrons. The van der Waals surface area contributed by atoms with Crippen molar-refractivity contribution in [2.45, 2.75) is 19.4 Å². The first kappa shape index (κ1) is 13.8. The lowest BCUT2D eigenvalue weighted by Gasteiger charge is -2.14. The van der Waals surface area contributed by atoms with Gasteiger partial charge in [-0.15, -0.1) is 0 Å². The van der Waals surface area contributed by atoms with Crippen molar-refractivity contribution in [1.29, 1.82) is 0 Å². The molecule has 0 saturated heterocycles. The monoisotopic (exact) mass is 257 g/mol. The van der Waals surface area contributed by atoms with Gasteiger partial charge in [0.1, 0.15) is 5.75 Å². The highest BCUT2D eigenvalue weighted by molar-refractivity contribution is 6.32. The molecule has 0 heterocycles. The molecule has 0 spiro atoms. The number of amides is 1. The van der Waals surface area contributed by atoms with E-state index in [1.165, 1.54) is 7.11 Å². The summed E-state index contributed by atoms with van der Waals surface area (Å²) in [5.41, 5.74) is 0.457. The van der Waals surface area contributed by atoms with E-state index in [4.69, 9.17) is 21.4 Å². The number of nitrogens with one attached hydrogen (secondary N) is 1. The fourth-order valence-corrected chi connectivity index (χ4v) is 1.54. The van der Waals surface area contributed by atoms with Gasteiger partial charge in [0.05, 0.1) is 24.8 Å². The molecule has 2 N–H and O–H groups in total. The van der Waals surface area contributed by atoms with Crippen molar-refractivity contribution in [2.24, 2.45) is 0 Å². The van der Waals surface area contributed by atoms with E-state index in [1.807, 2.05) is 6.92 Å². The maximum absolute atomic E-state index is 11.8. The van der Waals surface area contributed by atoms with Crippen LogP contribution >= 0.6 is 11.6 Å². The maximum Gasteiger partial charge on any atom is 0.251 e. The van der Waals surface area contributed by atoms with Crippen molar-refractivity contribution in [3.63, 3.8) is 0 Å². The zero-order chi connectivity index (χ0) is 12.8. The van der Waals surface area contributed by atoms with Crippen LogP contribution in [0.2, 0.25) is 5.02 Å². The maximum atomic E-state index is 11.8. The molecule has 1 aromatic carbocycles. The number of ether oxygens (including phenoxy) is 1. The molecule has 0 aliphatic rings. The van der Waals surface area contributed by atoms with E-state index in [-0.39, 0.29) is 18.6 Å². The summed E-state index contributed by atoms with van der Waals surface area (Å²) in [6, 6.07) is 4.56. The van der Waals surface area contributed by atoms with Crippen LogP contribution in [-0.2, 0) is 0 Å². The van der Waals surface area contributed by atoms with Crippen molar-refractivity contribution in [3.05, 3.63) is 28.8 Å². The molecule has 1 atom stereocenters. The predicted molar refractivity (Wildman–Crippen MR) is 66.6 cm³/mol. The van der Waals surface area contributed by atoms with Crippen LogP contribution < -0.4 is 10.1 Å². The standard InChI is InChI=1S/C12H16ClNO3/c1-3-9(7-15)14-12(16)8-4-5-10(13)11(6-8)17-2/h4-6,9,15H,3,7H2,1-2H3,(H,14,16)/t9-/m0/s1. The smallest absolute Gasteiger partial charge is 0.251 e. The van der Waals surface area contributed by atoms with Crippen LogP contribution in [0.3, 0.4) is 0 Å². The molecule has 0 fully saturated rings. The summed E-state index contributed by atoms with van der Waals surface area (Å²) in [5, 5.41) is 12.2. The highest BCUT2D eigenvalue weighted by Gasteiger charge is 2.12. The van der Waals surface area contributed by atoms with Crippen molar-refractivity contribution in [1.82, 2.24) is 5.32 Å². The molecule has 1 aromatic rings. The van der Waals surface area contributed by atoms with Crippen LogP contribution in [0.1, 0.15) is 23.7 Å². The second kappa shape index (κ2) is 6.47. The normalized spacial score (nSPS) is 12.0. The van der Waals surface area contributed by atoms with Gasteiger partial charge < -0.3 is 15.2 Å². The van der Waals surface area contributed by atoms with Crippen LogP contribution in [0.5, 0.6) is 5.75 Å². The molecular formula is C12H16ClNO3. The topological polar surface area (TPSA) is 58.6 Å². The van der Waals surface area contributed by atoms with E-state index in [0.29, 0.717) is 22.8 Å². The van der Waals surface area contributed by atoms with E-state index in [0.717, 1.165) is 0 Å². The summed E-state index contributed by atoms with van der Waals surface area (Å²) < 4.78 is 5.03. The molecule has 0 aliphatic carbocycles. The number of carbonyl (C=O) groups is 1. The summed E-state index contributed by atoms with van der Waals surface area (Å²) in [6.07, 6.45) is 0.674. The van der Waals surface area contributed by atoms with Crippen LogP contribution in [0.15, 0.2) is 18.2 Å². The lowest BCUT2D eigenvalue weighted by Crippen LogP contribution is -2.36. The van der Waals surface area contributed by atoms with E-state index in [9.17, 15) is 4.79 Å². The number of methoxy groups -OCH3 is 1. The van der Waals surface area contributed by atoms with Crippen molar-refractivity contribution < 1.29 is 14.6 Å². The number of aliphatic hydroxyl groups excluding tert-OH is 1. The van der Waals surface area contributed by atoms with Gasteiger partial charge in [-0.05, 0) is 24.6 Å². The number of rotatable bonds is 5. The molecule has 0 saturated carbocycles. The quantitative estimate of drug-likeness (QED) is 0.846. The second-order valence-corrected chi connectivity index (χ2v) is 4.02. The van der Waals surface area contributed by atoms with Gasteiger partial charge in [0.2, 0.25) is 0 Å². The third-order valence-corrected chi connectivity index (χ3v) is 2.77. The molecule has 0 aliphatic heterocycles. The average molecular weight is 258 g/mol. The Hall–Kier alpha value is -1.26. The fourth-order valence-electron chi connectivity index (χ4n) is 1.35. The Labute approximate surface area is 106 Å². The zero-order valence-electron chi connectivity index (χ0n) is 9.87. The minimum Gasteiger partial charge on any atom is -0.495 e. The Balaban J connectivity index is 2.82. The highest BCUT2D eigenvalue weighted by Crippen LogP contribution is 2.24. The van der Waals surface area contributed by atoms with Crippen molar-refractivity contribution in [3.8, 4) is 5.75 Å². The summed E-state index contributed by atoms with van der Waals surface area (Å²) in [5.74, 6) is 0.206. The molecule has 1 rings (SSSR count).